The van der Waals surface area contributed by atoms with Gasteiger partial charge in [0.05, 0.1) is 16.4 Å². The number of fused-ring (bicyclic) bond motifs is 6. The van der Waals surface area contributed by atoms with Crippen LogP contribution in [0.2, 0.25) is 0 Å². The minimum atomic E-state index is -0.973. The van der Waals surface area contributed by atoms with Crippen molar-refractivity contribution < 1.29 is 0 Å². The molecule has 0 unspecified atom stereocenters. The zero-order valence-electron chi connectivity index (χ0n) is 47.1. The highest BCUT2D eigenvalue weighted by atomic mass is 15.1. The second-order valence-corrected chi connectivity index (χ2v) is 21.8. The van der Waals surface area contributed by atoms with Crippen molar-refractivity contribution in [3.05, 3.63) is 338 Å². The molecule has 0 N–H and O–H groups in total. The van der Waals surface area contributed by atoms with E-state index in [-0.39, 0.29) is 0 Å². The molecule has 0 bridgehead atoms. The Labute approximate surface area is 503 Å². The largest absolute Gasteiger partial charge is 0.311 e. The minimum Gasteiger partial charge on any atom is -0.311 e. The molecule has 8 heteroatoms. The zero-order valence-corrected chi connectivity index (χ0v) is 47.1. The molecule has 1 aliphatic carbocycles. The molecule has 408 valence electrons. The maximum atomic E-state index is 5.33. The summed E-state index contributed by atoms with van der Waals surface area (Å²) in [6.07, 6.45) is 0. The van der Waals surface area contributed by atoms with E-state index in [9.17, 15) is 0 Å². The Balaban J connectivity index is 0.994. The normalized spacial score (nSPS) is 12.2. The molecule has 0 saturated heterocycles. The van der Waals surface area contributed by atoms with Crippen LogP contribution in [0.15, 0.2) is 315 Å². The van der Waals surface area contributed by atoms with Gasteiger partial charge in [0.15, 0.2) is 34.9 Å². The van der Waals surface area contributed by atoms with Crippen LogP contribution in [0.25, 0.3) is 107 Å². The molecule has 87 heavy (non-hydrogen) atoms. The van der Waals surface area contributed by atoms with Gasteiger partial charge in [0.1, 0.15) is 0 Å². The molecule has 0 amide bonds. The first-order valence-electron chi connectivity index (χ1n) is 29.3. The Bertz CT molecular complexity index is 4670. The molecule has 1 aliphatic rings. The molecule has 0 saturated carbocycles. The average Bonchev–Trinajstić information content (AvgIpc) is 1.58. The second kappa shape index (κ2) is 21.5. The highest BCUT2D eigenvalue weighted by molar-refractivity contribution is 6.10. The van der Waals surface area contributed by atoms with Gasteiger partial charge < -0.3 is 9.47 Å². The standard InChI is InChI=1S/C79H52N8/c1-8-24-53(25-9-1)73-80-74(54-26-10-2-11-27-54)83-77(82-73)57-40-47-65-66-48-41-58(78-84-75(55-28-12-3-13-29-55)81-76(85-78)56-30-14-4-15-31-56)51-70(66)79(69(65)50-57,59-42-45-64(46-43-59)86(61-32-16-5-17-33-61)62-34-18-6-19-35-62)60-44-49-72-68(52-60)67-38-22-23-39-71(67)87(72)63-36-20-7-21-37-63/h1-52H. The number of para-hydroxylation sites is 4. The predicted molar refractivity (Wildman–Crippen MR) is 352 cm³/mol. The fourth-order valence-electron chi connectivity index (χ4n) is 12.8. The molecule has 0 fully saturated rings. The van der Waals surface area contributed by atoms with Gasteiger partial charge in [-0.25, -0.2) is 29.9 Å². The molecule has 3 heterocycles. The summed E-state index contributed by atoms with van der Waals surface area (Å²) >= 11 is 0. The summed E-state index contributed by atoms with van der Waals surface area (Å²) in [5, 5.41) is 2.30. The third-order valence-corrected chi connectivity index (χ3v) is 16.8. The van der Waals surface area contributed by atoms with Crippen LogP contribution in [-0.4, -0.2) is 34.5 Å². The lowest BCUT2D eigenvalue weighted by molar-refractivity contribution is 0.770. The maximum Gasteiger partial charge on any atom is 0.164 e. The van der Waals surface area contributed by atoms with Crippen molar-refractivity contribution >= 4 is 38.9 Å². The minimum absolute atomic E-state index is 0.571. The molecular formula is C79H52N8. The molecule has 0 spiro atoms. The number of aromatic nitrogens is 7. The van der Waals surface area contributed by atoms with E-state index in [1.165, 1.54) is 0 Å². The summed E-state index contributed by atoms with van der Waals surface area (Å²) in [6, 6.07) is 111. The first-order valence-corrected chi connectivity index (χ1v) is 29.3. The summed E-state index contributed by atoms with van der Waals surface area (Å²) in [5.41, 5.74) is 17.4. The lowest BCUT2D eigenvalue weighted by Gasteiger charge is -2.35. The monoisotopic (exact) mass is 1110 g/mol. The van der Waals surface area contributed by atoms with E-state index in [1.54, 1.807) is 0 Å². The van der Waals surface area contributed by atoms with Gasteiger partial charge in [0.25, 0.3) is 0 Å². The smallest absolute Gasteiger partial charge is 0.164 e. The van der Waals surface area contributed by atoms with Crippen molar-refractivity contribution in [3.8, 4) is 85.1 Å². The Morgan fingerprint density at radius 3 is 1.03 bits per heavy atom. The average molecular weight is 1110 g/mol. The summed E-state index contributed by atoms with van der Waals surface area (Å²) in [5.74, 6) is 3.52. The van der Waals surface area contributed by atoms with Gasteiger partial charge in [0, 0.05) is 66.9 Å². The van der Waals surface area contributed by atoms with Crippen molar-refractivity contribution in [2.24, 2.45) is 0 Å². The predicted octanol–water partition coefficient (Wildman–Crippen LogP) is 19.0. The van der Waals surface area contributed by atoms with E-state index in [4.69, 9.17) is 29.9 Å². The molecule has 16 rings (SSSR count). The third kappa shape index (κ3) is 8.94. The van der Waals surface area contributed by atoms with Gasteiger partial charge in [-0.15, -0.1) is 0 Å². The molecule has 3 aromatic heterocycles. The van der Waals surface area contributed by atoms with Gasteiger partial charge in [-0.2, -0.15) is 0 Å². The van der Waals surface area contributed by atoms with E-state index < -0.39 is 5.41 Å². The third-order valence-electron chi connectivity index (χ3n) is 16.8. The Morgan fingerprint density at radius 2 is 0.598 bits per heavy atom. The number of benzene rings is 12. The summed E-state index contributed by atoms with van der Waals surface area (Å²) in [7, 11) is 0. The van der Waals surface area contributed by atoms with Crippen molar-refractivity contribution in [2.75, 3.05) is 4.90 Å². The van der Waals surface area contributed by atoms with Crippen LogP contribution in [0, 0.1) is 0 Å². The molecular weight excluding hydrogens is 1060 g/mol. The highest BCUT2D eigenvalue weighted by Gasteiger charge is 2.47. The Kier molecular flexibility index (Phi) is 12.6. The van der Waals surface area contributed by atoms with Crippen molar-refractivity contribution in [1.82, 2.24) is 34.5 Å². The van der Waals surface area contributed by atoms with Gasteiger partial charge in [-0.05, 0) is 112 Å². The van der Waals surface area contributed by atoms with Gasteiger partial charge in [0.2, 0.25) is 0 Å². The van der Waals surface area contributed by atoms with Crippen LogP contribution < -0.4 is 4.90 Å². The first-order chi connectivity index (χ1) is 43.1. The fourth-order valence-corrected chi connectivity index (χ4v) is 12.8. The fraction of sp³-hybridized carbons (Fsp3) is 0.0127. The summed E-state index contributed by atoms with van der Waals surface area (Å²) in [6.45, 7) is 0. The van der Waals surface area contributed by atoms with Crippen LogP contribution in [0.4, 0.5) is 17.1 Å². The van der Waals surface area contributed by atoms with Crippen LogP contribution in [0.5, 0.6) is 0 Å². The van der Waals surface area contributed by atoms with Crippen LogP contribution >= 0.6 is 0 Å². The second-order valence-electron chi connectivity index (χ2n) is 21.8. The van der Waals surface area contributed by atoms with Crippen molar-refractivity contribution in [3.63, 3.8) is 0 Å². The summed E-state index contributed by atoms with van der Waals surface area (Å²) in [4.78, 5) is 33.9. The number of rotatable bonds is 12. The van der Waals surface area contributed by atoms with E-state index in [0.29, 0.717) is 34.9 Å². The zero-order chi connectivity index (χ0) is 57.7. The quantitative estimate of drug-likeness (QED) is 0.120. The van der Waals surface area contributed by atoms with Crippen LogP contribution in [-0.2, 0) is 5.41 Å². The summed E-state index contributed by atoms with van der Waals surface area (Å²) < 4.78 is 2.38. The SMILES string of the molecule is c1ccc(-c2nc(-c3ccccc3)nc(-c3ccc4c(c3)C(c3ccc(N(c5ccccc5)c5ccccc5)cc3)(c3ccc5c(c3)c3ccccc3n5-c3ccccc3)c3cc(-c5nc(-c6ccccc6)nc(-c6ccccc6)n5)ccc3-4)n2)cc1. The van der Waals surface area contributed by atoms with E-state index in [2.05, 4.69) is 252 Å². The Hall–Kier alpha value is -11.7. The van der Waals surface area contributed by atoms with Gasteiger partial charge in [-0.3, -0.25) is 0 Å². The van der Waals surface area contributed by atoms with Crippen LogP contribution in [0.1, 0.15) is 22.3 Å². The topological polar surface area (TPSA) is 85.5 Å². The van der Waals surface area contributed by atoms with E-state index in [0.717, 1.165) is 111 Å². The molecule has 8 nitrogen and oxygen atoms in total. The first kappa shape index (κ1) is 50.9. The molecule has 0 atom stereocenters. The Morgan fingerprint density at radius 1 is 0.253 bits per heavy atom. The number of hydrogen-bond acceptors (Lipinski definition) is 7. The van der Waals surface area contributed by atoms with Gasteiger partial charge in [-0.1, -0.05) is 237 Å². The van der Waals surface area contributed by atoms with Crippen molar-refractivity contribution in [1.29, 1.82) is 0 Å². The number of nitrogens with zero attached hydrogens (tertiary/aromatic N) is 8. The van der Waals surface area contributed by atoms with Gasteiger partial charge >= 0.3 is 0 Å². The lowest BCUT2D eigenvalue weighted by Crippen LogP contribution is -2.29. The van der Waals surface area contributed by atoms with Crippen LogP contribution in [0.3, 0.4) is 0 Å². The molecule has 15 aromatic rings. The molecule has 0 aliphatic heterocycles. The van der Waals surface area contributed by atoms with E-state index >= 15 is 0 Å². The number of anilines is 3. The lowest BCUT2D eigenvalue weighted by atomic mass is 9.67. The maximum absolute atomic E-state index is 5.33. The molecule has 0 radical (unpaired) electrons. The van der Waals surface area contributed by atoms with E-state index in [1.807, 2.05) is 72.8 Å². The van der Waals surface area contributed by atoms with Crippen molar-refractivity contribution in [2.45, 2.75) is 5.41 Å². The molecule has 12 aromatic carbocycles. The highest BCUT2D eigenvalue weighted by Crippen LogP contribution is 2.58. The number of hydrogen-bond donors (Lipinski definition) is 0.